The lowest BCUT2D eigenvalue weighted by molar-refractivity contribution is 0.0834. The van der Waals surface area contributed by atoms with E-state index in [1.807, 2.05) is 91.9 Å². The van der Waals surface area contributed by atoms with Crippen molar-refractivity contribution in [2.45, 2.75) is 19.3 Å². The van der Waals surface area contributed by atoms with Gasteiger partial charge in [0, 0.05) is 40.5 Å². The van der Waals surface area contributed by atoms with Gasteiger partial charge in [0.2, 0.25) is 0 Å². The zero-order valence-corrected chi connectivity index (χ0v) is 16.9. The maximum Gasteiger partial charge on any atom is 0.167 e. The highest BCUT2D eigenvalue weighted by Crippen LogP contribution is 2.31. The molecule has 0 saturated heterocycles. The molecule has 0 aliphatic heterocycles. The van der Waals surface area contributed by atoms with Crippen LogP contribution < -0.4 is 0 Å². The van der Waals surface area contributed by atoms with Gasteiger partial charge in [-0.25, -0.2) is 0 Å². The van der Waals surface area contributed by atoms with Crippen LogP contribution in [-0.4, -0.2) is 16.6 Å². The molecule has 148 valence electrons. The third-order valence-corrected chi connectivity index (χ3v) is 5.59. The molecule has 3 aromatic carbocycles. The smallest absolute Gasteiger partial charge is 0.167 e. The van der Waals surface area contributed by atoms with Crippen LogP contribution in [0.3, 0.4) is 0 Å². The second kappa shape index (κ2) is 8.83. The Morgan fingerprint density at radius 2 is 1.33 bits per heavy atom. The van der Waals surface area contributed by atoms with Crippen molar-refractivity contribution in [2.75, 3.05) is 0 Å². The monoisotopic (exact) mass is 393 g/mol. The third-order valence-electron chi connectivity index (χ3n) is 5.59. The van der Waals surface area contributed by atoms with Gasteiger partial charge in [0.25, 0.3) is 0 Å². The summed E-state index contributed by atoms with van der Waals surface area (Å²) in [7, 11) is 0. The zero-order valence-electron chi connectivity index (χ0n) is 16.9. The molecule has 1 heterocycles. The maximum atomic E-state index is 13.4. The first-order valence-electron chi connectivity index (χ1n) is 10.2. The zero-order chi connectivity index (χ0) is 20.9. The Bertz CT molecular complexity index is 1170. The number of carbonyl (C=O) groups excluding carboxylic acids is 2. The van der Waals surface area contributed by atoms with Crippen LogP contribution in [0.25, 0.3) is 10.9 Å². The van der Waals surface area contributed by atoms with Crippen molar-refractivity contribution in [3.8, 4) is 0 Å². The minimum Gasteiger partial charge on any atom is -0.294 e. The molecule has 1 aromatic heterocycles. The fourth-order valence-electron chi connectivity index (χ4n) is 3.80. The van der Waals surface area contributed by atoms with Crippen LogP contribution >= 0.6 is 0 Å². The fourth-order valence-corrected chi connectivity index (χ4v) is 3.80. The van der Waals surface area contributed by atoms with Crippen LogP contribution in [0.5, 0.6) is 0 Å². The minimum atomic E-state index is -0.492. The summed E-state index contributed by atoms with van der Waals surface area (Å²) in [6, 6.07) is 30.3. The second-order valence-corrected chi connectivity index (χ2v) is 7.55. The van der Waals surface area contributed by atoms with Gasteiger partial charge >= 0.3 is 0 Å². The Morgan fingerprint density at radius 3 is 2.03 bits per heavy atom. The van der Waals surface area contributed by atoms with Gasteiger partial charge in [0.05, 0.1) is 5.52 Å². The van der Waals surface area contributed by atoms with E-state index in [1.165, 1.54) is 0 Å². The molecular weight excluding hydrogens is 370 g/mol. The summed E-state index contributed by atoms with van der Waals surface area (Å²) >= 11 is 0. The quantitative estimate of drug-likeness (QED) is 0.356. The van der Waals surface area contributed by atoms with Gasteiger partial charge < -0.3 is 0 Å². The molecule has 4 rings (SSSR count). The van der Waals surface area contributed by atoms with Crippen LogP contribution in [0.1, 0.15) is 45.7 Å². The molecule has 0 amide bonds. The van der Waals surface area contributed by atoms with Crippen LogP contribution in [-0.2, 0) is 0 Å². The first-order valence-corrected chi connectivity index (χ1v) is 10.2. The van der Waals surface area contributed by atoms with Crippen LogP contribution in [0.2, 0.25) is 0 Å². The van der Waals surface area contributed by atoms with Crippen molar-refractivity contribution in [2.24, 2.45) is 5.92 Å². The minimum absolute atomic E-state index is 0.0256. The number of benzene rings is 3. The molecule has 3 heteroatoms. The van der Waals surface area contributed by atoms with E-state index in [0.717, 1.165) is 16.6 Å². The van der Waals surface area contributed by atoms with Gasteiger partial charge in [-0.15, -0.1) is 0 Å². The molecule has 0 radical (unpaired) electrons. The Hall–Kier alpha value is -3.59. The molecule has 0 spiro atoms. The van der Waals surface area contributed by atoms with Crippen molar-refractivity contribution >= 4 is 22.5 Å². The number of carbonyl (C=O) groups is 2. The summed E-state index contributed by atoms with van der Waals surface area (Å²) in [6.07, 6.45) is 0.146. The van der Waals surface area contributed by atoms with Crippen molar-refractivity contribution < 1.29 is 9.59 Å². The lowest BCUT2D eigenvalue weighted by atomic mass is 9.80. The molecular formula is C27H23NO2. The first kappa shape index (κ1) is 19.7. The summed E-state index contributed by atoms with van der Waals surface area (Å²) in [6.45, 7) is 1.99. The van der Waals surface area contributed by atoms with Crippen LogP contribution in [0, 0.1) is 5.92 Å². The molecule has 0 bridgehead atoms. The summed E-state index contributed by atoms with van der Waals surface area (Å²) in [5.41, 5.74) is 2.96. The predicted molar refractivity (Wildman–Crippen MR) is 120 cm³/mol. The molecule has 0 N–H and O–H groups in total. The fraction of sp³-hybridized carbons (Fsp3) is 0.148. The molecule has 30 heavy (non-hydrogen) atoms. The topological polar surface area (TPSA) is 47.0 Å². The van der Waals surface area contributed by atoms with E-state index in [2.05, 4.69) is 0 Å². The van der Waals surface area contributed by atoms with Gasteiger partial charge in [-0.05, 0) is 12.1 Å². The normalized spacial score (nSPS) is 13.0. The highest BCUT2D eigenvalue weighted by molar-refractivity contribution is 6.04. The van der Waals surface area contributed by atoms with Crippen molar-refractivity contribution in [3.63, 3.8) is 0 Å². The van der Waals surface area contributed by atoms with E-state index >= 15 is 0 Å². The second-order valence-electron chi connectivity index (χ2n) is 7.55. The van der Waals surface area contributed by atoms with E-state index < -0.39 is 5.92 Å². The van der Waals surface area contributed by atoms with Crippen LogP contribution in [0.4, 0.5) is 0 Å². The average Bonchev–Trinajstić information content (AvgIpc) is 2.82. The molecule has 2 unspecified atom stereocenters. The number of Topliss-reactive ketones (excluding diaryl/α,β-unsaturated/α-hetero) is 2. The number of rotatable bonds is 7. The number of fused-ring (bicyclic) bond motifs is 1. The standard InChI is InChI=1S/C27H23NO2/c1-19(24-17-16-20-10-8-9-15-25(20)28-24)23(27(30)22-13-6-3-7-14-22)18-26(29)21-11-4-2-5-12-21/h2-17,19,23H,18H2,1H3. The number of para-hydroxylation sites is 1. The Labute approximate surface area is 176 Å². The SMILES string of the molecule is CC(c1ccc2ccccc2n1)C(CC(=O)c1ccccc1)C(=O)c1ccccc1. The number of nitrogens with zero attached hydrogens (tertiary/aromatic N) is 1. The van der Waals surface area contributed by atoms with Gasteiger partial charge in [-0.2, -0.15) is 0 Å². The Kier molecular flexibility index (Phi) is 5.80. The first-order chi connectivity index (χ1) is 14.6. The molecule has 3 nitrogen and oxygen atoms in total. The maximum absolute atomic E-state index is 13.4. The van der Waals surface area contributed by atoms with E-state index in [9.17, 15) is 9.59 Å². The van der Waals surface area contributed by atoms with E-state index in [4.69, 9.17) is 4.98 Å². The molecule has 0 aliphatic rings. The molecule has 0 aliphatic carbocycles. The number of ketones is 2. The summed E-state index contributed by atoms with van der Waals surface area (Å²) in [5.74, 6) is -0.747. The van der Waals surface area contributed by atoms with Gasteiger partial charge in [0.1, 0.15) is 0 Å². The van der Waals surface area contributed by atoms with Crippen molar-refractivity contribution in [1.82, 2.24) is 4.98 Å². The summed E-state index contributed by atoms with van der Waals surface area (Å²) in [5, 5.41) is 1.06. The number of hydrogen-bond acceptors (Lipinski definition) is 3. The third kappa shape index (κ3) is 4.20. The number of pyridine rings is 1. The largest absolute Gasteiger partial charge is 0.294 e. The molecule has 0 fully saturated rings. The lowest BCUT2D eigenvalue weighted by Gasteiger charge is -2.22. The van der Waals surface area contributed by atoms with E-state index in [1.54, 1.807) is 12.1 Å². The Morgan fingerprint density at radius 1 is 0.733 bits per heavy atom. The van der Waals surface area contributed by atoms with Gasteiger partial charge in [0.15, 0.2) is 11.6 Å². The lowest BCUT2D eigenvalue weighted by Crippen LogP contribution is -2.25. The number of hydrogen-bond donors (Lipinski definition) is 0. The van der Waals surface area contributed by atoms with Crippen molar-refractivity contribution in [1.29, 1.82) is 0 Å². The van der Waals surface area contributed by atoms with Gasteiger partial charge in [-0.3, -0.25) is 14.6 Å². The van der Waals surface area contributed by atoms with Crippen LogP contribution in [0.15, 0.2) is 97.1 Å². The number of aromatic nitrogens is 1. The summed E-state index contributed by atoms with van der Waals surface area (Å²) < 4.78 is 0. The molecule has 2 atom stereocenters. The van der Waals surface area contributed by atoms with Gasteiger partial charge in [-0.1, -0.05) is 91.9 Å². The predicted octanol–water partition coefficient (Wildman–Crippen LogP) is 6.11. The average molecular weight is 393 g/mol. The van der Waals surface area contributed by atoms with E-state index in [0.29, 0.717) is 11.1 Å². The molecule has 4 aromatic rings. The Balaban J connectivity index is 1.69. The summed E-state index contributed by atoms with van der Waals surface area (Å²) in [4.78, 5) is 31.2. The highest BCUT2D eigenvalue weighted by Gasteiger charge is 2.30. The van der Waals surface area contributed by atoms with Crippen molar-refractivity contribution in [3.05, 3.63) is 114 Å². The molecule has 0 saturated carbocycles. The highest BCUT2D eigenvalue weighted by atomic mass is 16.1. The van der Waals surface area contributed by atoms with E-state index in [-0.39, 0.29) is 23.9 Å².